The molecule has 5 nitrogen and oxygen atoms in total. The maximum Gasteiger partial charge on any atom is 0.276 e. The number of ether oxygens (including phenoxy) is 1. The molecule has 26 heavy (non-hydrogen) atoms. The average Bonchev–Trinajstić information content (AvgIpc) is 2.68. The van der Waals surface area contributed by atoms with E-state index in [2.05, 4.69) is 35.2 Å². The molecule has 4 rings (SSSR count). The third-order valence-corrected chi connectivity index (χ3v) is 5.13. The van der Waals surface area contributed by atoms with Crippen molar-refractivity contribution in [3.05, 3.63) is 81.4 Å². The summed E-state index contributed by atoms with van der Waals surface area (Å²) in [5, 5.41) is 4.36. The Kier molecular flexibility index (Phi) is 4.29. The minimum Gasteiger partial charge on any atom is -0.496 e. The van der Waals surface area contributed by atoms with Crippen LogP contribution in [0.3, 0.4) is 0 Å². The number of hydrogen-bond donors (Lipinski definition) is 0. The maximum atomic E-state index is 12.9. The van der Waals surface area contributed by atoms with Gasteiger partial charge in [0, 0.05) is 11.8 Å². The molecule has 2 aromatic heterocycles. The van der Waals surface area contributed by atoms with Crippen molar-refractivity contribution >= 4 is 0 Å². The SMILES string of the molecule is COc1c(C)cccc1C1CCc2c(cnn(-c3ccccn3)c2=O)C1. The van der Waals surface area contributed by atoms with Crippen LogP contribution >= 0.6 is 0 Å². The molecule has 1 aliphatic carbocycles. The molecule has 0 bridgehead atoms. The van der Waals surface area contributed by atoms with Gasteiger partial charge in [-0.1, -0.05) is 24.3 Å². The number of benzene rings is 1. The van der Waals surface area contributed by atoms with E-state index in [1.807, 2.05) is 18.3 Å². The lowest BCUT2D eigenvalue weighted by Gasteiger charge is -2.26. The zero-order chi connectivity index (χ0) is 18.1. The number of para-hydroxylation sites is 1. The summed E-state index contributed by atoms with van der Waals surface area (Å²) in [4.78, 5) is 17.1. The average molecular weight is 347 g/mol. The van der Waals surface area contributed by atoms with Gasteiger partial charge in [0.25, 0.3) is 5.56 Å². The van der Waals surface area contributed by atoms with Crippen LogP contribution in [0.2, 0.25) is 0 Å². The fourth-order valence-electron chi connectivity index (χ4n) is 3.84. The molecule has 5 heteroatoms. The molecule has 0 saturated heterocycles. The molecular formula is C21H21N3O2. The molecule has 1 atom stereocenters. The highest BCUT2D eigenvalue weighted by atomic mass is 16.5. The third-order valence-electron chi connectivity index (χ3n) is 5.13. The molecular weight excluding hydrogens is 326 g/mol. The van der Waals surface area contributed by atoms with Crippen LogP contribution < -0.4 is 10.3 Å². The second kappa shape index (κ2) is 6.75. The Labute approximate surface area is 152 Å². The molecule has 0 radical (unpaired) electrons. The van der Waals surface area contributed by atoms with E-state index in [4.69, 9.17) is 4.74 Å². The van der Waals surface area contributed by atoms with Gasteiger partial charge in [0.1, 0.15) is 5.75 Å². The second-order valence-corrected chi connectivity index (χ2v) is 6.69. The number of hydrogen-bond acceptors (Lipinski definition) is 4. The summed E-state index contributed by atoms with van der Waals surface area (Å²) in [5.41, 5.74) is 4.18. The van der Waals surface area contributed by atoms with Gasteiger partial charge in [-0.25, -0.2) is 4.98 Å². The highest BCUT2D eigenvalue weighted by Gasteiger charge is 2.26. The fraction of sp³-hybridized carbons (Fsp3) is 0.286. The van der Waals surface area contributed by atoms with Crippen molar-refractivity contribution in [3.63, 3.8) is 0 Å². The van der Waals surface area contributed by atoms with E-state index in [9.17, 15) is 4.79 Å². The molecule has 0 saturated carbocycles. The Hall–Kier alpha value is -2.95. The van der Waals surface area contributed by atoms with Gasteiger partial charge in [-0.15, -0.1) is 0 Å². The van der Waals surface area contributed by atoms with Gasteiger partial charge in [-0.3, -0.25) is 4.79 Å². The summed E-state index contributed by atoms with van der Waals surface area (Å²) in [6, 6.07) is 11.7. The highest BCUT2D eigenvalue weighted by molar-refractivity contribution is 5.44. The number of methoxy groups -OCH3 is 1. The molecule has 0 aliphatic heterocycles. The monoisotopic (exact) mass is 347 g/mol. The molecule has 0 N–H and O–H groups in total. The molecule has 1 unspecified atom stereocenters. The first-order chi connectivity index (χ1) is 12.7. The van der Waals surface area contributed by atoms with Crippen LogP contribution in [-0.4, -0.2) is 21.9 Å². The Morgan fingerprint density at radius 2 is 2.08 bits per heavy atom. The summed E-state index contributed by atoms with van der Waals surface area (Å²) in [5.74, 6) is 1.85. The number of nitrogens with zero attached hydrogens (tertiary/aromatic N) is 3. The lowest BCUT2D eigenvalue weighted by Crippen LogP contribution is -2.30. The van der Waals surface area contributed by atoms with Crippen LogP contribution in [0.1, 0.15) is 34.6 Å². The summed E-state index contributed by atoms with van der Waals surface area (Å²) >= 11 is 0. The molecule has 0 spiro atoms. The van der Waals surface area contributed by atoms with Crippen molar-refractivity contribution in [1.82, 2.24) is 14.8 Å². The molecule has 0 amide bonds. The molecule has 2 heterocycles. The summed E-state index contributed by atoms with van der Waals surface area (Å²) in [7, 11) is 1.72. The van der Waals surface area contributed by atoms with Crippen molar-refractivity contribution in [2.45, 2.75) is 32.1 Å². The zero-order valence-electron chi connectivity index (χ0n) is 15.0. The molecule has 1 aromatic carbocycles. The summed E-state index contributed by atoms with van der Waals surface area (Å²) in [6.45, 7) is 2.06. The standard InChI is InChI=1S/C21H21N3O2/c1-14-6-5-7-17(20(14)26-2)15-9-10-18-16(12-15)13-23-24(21(18)25)19-8-3-4-11-22-19/h3-8,11,13,15H,9-10,12H2,1-2H3. The Bertz CT molecular complexity index is 996. The number of pyridine rings is 1. The van der Waals surface area contributed by atoms with E-state index in [1.165, 1.54) is 10.2 Å². The van der Waals surface area contributed by atoms with Crippen LogP contribution in [0.25, 0.3) is 5.82 Å². The molecule has 1 aliphatic rings. The molecule has 3 aromatic rings. The minimum atomic E-state index is -0.0594. The summed E-state index contributed by atoms with van der Waals surface area (Å²) in [6.07, 6.45) is 5.96. The highest BCUT2D eigenvalue weighted by Crippen LogP contribution is 2.37. The van der Waals surface area contributed by atoms with Gasteiger partial charge in [-0.2, -0.15) is 9.78 Å². The van der Waals surface area contributed by atoms with E-state index >= 15 is 0 Å². The normalized spacial score (nSPS) is 16.2. The predicted molar refractivity (Wildman–Crippen MR) is 100 cm³/mol. The number of aromatic nitrogens is 3. The van der Waals surface area contributed by atoms with E-state index in [0.29, 0.717) is 11.7 Å². The van der Waals surface area contributed by atoms with E-state index in [0.717, 1.165) is 41.7 Å². The maximum absolute atomic E-state index is 12.9. The van der Waals surface area contributed by atoms with Crippen LogP contribution in [0, 0.1) is 6.92 Å². The van der Waals surface area contributed by atoms with Crippen LogP contribution in [0.5, 0.6) is 5.75 Å². The number of rotatable bonds is 3. The van der Waals surface area contributed by atoms with Gasteiger partial charge in [0.2, 0.25) is 0 Å². The quantitative estimate of drug-likeness (QED) is 0.730. The topological polar surface area (TPSA) is 57.0 Å². The Balaban J connectivity index is 1.70. The Morgan fingerprint density at radius 1 is 1.19 bits per heavy atom. The smallest absolute Gasteiger partial charge is 0.276 e. The van der Waals surface area contributed by atoms with E-state index in [-0.39, 0.29) is 5.56 Å². The van der Waals surface area contributed by atoms with Crippen molar-refractivity contribution in [1.29, 1.82) is 0 Å². The first-order valence-electron chi connectivity index (χ1n) is 8.84. The first-order valence-corrected chi connectivity index (χ1v) is 8.84. The zero-order valence-corrected chi connectivity index (χ0v) is 15.0. The van der Waals surface area contributed by atoms with Gasteiger partial charge < -0.3 is 4.74 Å². The van der Waals surface area contributed by atoms with Crippen LogP contribution in [-0.2, 0) is 12.8 Å². The van der Waals surface area contributed by atoms with Crippen molar-refractivity contribution in [2.24, 2.45) is 0 Å². The Morgan fingerprint density at radius 3 is 2.85 bits per heavy atom. The van der Waals surface area contributed by atoms with Crippen molar-refractivity contribution < 1.29 is 4.74 Å². The first kappa shape index (κ1) is 16.5. The van der Waals surface area contributed by atoms with Crippen LogP contribution in [0.15, 0.2) is 53.6 Å². The second-order valence-electron chi connectivity index (χ2n) is 6.69. The van der Waals surface area contributed by atoms with Gasteiger partial charge in [0.05, 0.1) is 13.3 Å². The largest absolute Gasteiger partial charge is 0.496 e. The summed E-state index contributed by atoms with van der Waals surface area (Å²) < 4.78 is 7.02. The molecule has 0 fully saturated rings. The lowest BCUT2D eigenvalue weighted by molar-refractivity contribution is 0.398. The van der Waals surface area contributed by atoms with E-state index < -0.39 is 0 Å². The van der Waals surface area contributed by atoms with E-state index in [1.54, 1.807) is 19.4 Å². The predicted octanol–water partition coefficient (Wildman–Crippen LogP) is 3.22. The van der Waals surface area contributed by atoms with Gasteiger partial charge in [-0.05, 0) is 60.9 Å². The number of aryl methyl sites for hydroxylation is 1. The van der Waals surface area contributed by atoms with Crippen molar-refractivity contribution in [3.8, 4) is 11.6 Å². The van der Waals surface area contributed by atoms with Gasteiger partial charge in [0.15, 0.2) is 5.82 Å². The molecule has 132 valence electrons. The fourth-order valence-corrected chi connectivity index (χ4v) is 3.84. The van der Waals surface area contributed by atoms with Crippen molar-refractivity contribution in [2.75, 3.05) is 7.11 Å². The number of fused-ring (bicyclic) bond motifs is 1. The third kappa shape index (κ3) is 2.79. The minimum absolute atomic E-state index is 0.0594. The van der Waals surface area contributed by atoms with Gasteiger partial charge >= 0.3 is 0 Å². The van der Waals surface area contributed by atoms with Crippen LogP contribution in [0.4, 0.5) is 0 Å². The lowest BCUT2D eigenvalue weighted by atomic mass is 9.80.